The molecule has 4 nitrogen and oxygen atoms in total. The number of amides is 1. The predicted octanol–water partition coefficient (Wildman–Crippen LogP) is 3.97. The van der Waals surface area contributed by atoms with Crippen molar-refractivity contribution in [3.63, 3.8) is 0 Å². The van der Waals surface area contributed by atoms with Crippen molar-refractivity contribution in [1.82, 2.24) is 4.98 Å². The van der Waals surface area contributed by atoms with E-state index < -0.39 is 0 Å². The summed E-state index contributed by atoms with van der Waals surface area (Å²) in [6.07, 6.45) is 7.03. The lowest BCUT2D eigenvalue weighted by molar-refractivity contribution is -0.117. The molecule has 0 unspecified atom stereocenters. The quantitative estimate of drug-likeness (QED) is 0.933. The van der Waals surface area contributed by atoms with Crippen LogP contribution in [0, 0.1) is 6.92 Å². The molecule has 1 saturated carbocycles. The summed E-state index contributed by atoms with van der Waals surface area (Å²) in [6.45, 7) is 2.07. The van der Waals surface area contributed by atoms with Crippen molar-refractivity contribution in [2.75, 3.05) is 10.2 Å². The molecule has 0 saturated heterocycles. The van der Waals surface area contributed by atoms with Gasteiger partial charge in [0.05, 0.1) is 12.1 Å². The Balaban J connectivity index is 1.63. The summed E-state index contributed by atoms with van der Waals surface area (Å²) >= 11 is 0. The van der Waals surface area contributed by atoms with E-state index in [2.05, 4.69) is 29.4 Å². The fourth-order valence-electron chi connectivity index (χ4n) is 3.72. The minimum atomic E-state index is 0.224. The topological polar surface area (TPSA) is 45.2 Å². The van der Waals surface area contributed by atoms with Crippen LogP contribution in [0.2, 0.25) is 0 Å². The Morgan fingerprint density at radius 3 is 2.83 bits per heavy atom. The molecular weight excluding hydrogens is 286 g/mol. The zero-order valence-corrected chi connectivity index (χ0v) is 13.4. The van der Waals surface area contributed by atoms with Crippen LogP contribution in [0.4, 0.5) is 17.2 Å². The average Bonchev–Trinajstić information content (AvgIpc) is 3.13. The maximum absolute atomic E-state index is 12.4. The van der Waals surface area contributed by atoms with Crippen LogP contribution < -0.4 is 10.2 Å². The van der Waals surface area contributed by atoms with Crippen molar-refractivity contribution in [3.05, 3.63) is 47.7 Å². The number of carbonyl (C=O) groups is 1. The van der Waals surface area contributed by atoms with Gasteiger partial charge in [-0.25, -0.2) is 4.98 Å². The molecule has 118 valence electrons. The minimum absolute atomic E-state index is 0.224. The number of benzene rings is 1. The van der Waals surface area contributed by atoms with Gasteiger partial charge in [0.2, 0.25) is 5.91 Å². The van der Waals surface area contributed by atoms with Crippen LogP contribution >= 0.6 is 0 Å². The van der Waals surface area contributed by atoms with Gasteiger partial charge in [-0.2, -0.15) is 0 Å². The lowest BCUT2D eigenvalue weighted by Crippen LogP contribution is -2.35. The first kappa shape index (κ1) is 14.2. The normalized spacial score (nSPS) is 17.6. The number of hydrogen-bond acceptors (Lipinski definition) is 3. The van der Waals surface area contributed by atoms with E-state index in [4.69, 9.17) is 0 Å². The fraction of sp³-hybridized carbons (Fsp3) is 0.368. The fourth-order valence-corrected chi connectivity index (χ4v) is 3.72. The molecule has 1 aromatic heterocycles. The summed E-state index contributed by atoms with van der Waals surface area (Å²) < 4.78 is 0. The first-order valence-corrected chi connectivity index (χ1v) is 8.35. The Labute approximate surface area is 136 Å². The molecule has 1 aromatic carbocycles. The molecular formula is C19H21N3O. The highest BCUT2D eigenvalue weighted by atomic mass is 16.2. The van der Waals surface area contributed by atoms with Crippen molar-refractivity contribution in [1.29, 1.82) is 0 Å². The molecule has 1 fully saturated rings. The molecule has 0 radical (unpaired) electrons. The molecule has 4 rings (SSSR count). The van der Waals surface area contributed by atoms with Gasteiger partial charge in [0.15, 0.2) is 0 Å². The van der Waals surface area contributed by atoms with Crippen LogP contribution in [-0.4, -0.2) is 16.9 Å². The number of nitrogens with one attached hydrogen (secondary N) is 1. The van der Waals surface area contributed by atoms with Crippen LogP contribution in [0.25, 0.3) is 0 Å². The lowest BCUT2D eigenvalue weighted by Gasteiger charge is -2.25. The second-order valence-electron chi connectivity index (χ2n) is 6.57. The second-order valence-corrected chi connectivity index (χ2v) is 6.57. The monoisotopic (exact) mass is 307 g/mol. The van der Waals surface area contributed by atoms with E-state index >= 15 is 0 Å². The van der Waals surface area contributed by atoms with Gasteiger partial charge in [0.25, 0.3) is 0 Å². The molecule has 2 aliphatic rings. The van der Waals surface area contributed by atoms with Gasteiger partial charge in [-0.1, -0.05) is 25.0 Å². The molecule has 1 aliphatic carbocycles. The van der Waals surface area contributed by atoms with Gasteiger partial charge in [-0.3, -0.25) is 4.79 Å². The summed E-state index contributed by atoms with van der Waals surface area (Å²) in [5.41, 5.74) is 4.33. The largest absolute Gasteiger partial charge is 0.340 e. The van der Waals surface area contributed by atoms with Gasteiger partial charge >= 0.3 is 0 Å². The van der Waals surface area contributed by atoms with Crippen molar-refractivity contribution >= 4 is 23.1 Å². The van der Waals surface area contributed by atoms with Crippen LogP contribution in [0.15, 0.2) is 36.5 Å². The molecule has 1 N–H and O–H groups in total. The smallest absolute Gasteiger partial charge is 0.231 e. The third kappa shape index (κ3) is 2.69. The zero-order chi connectivity index (χ0) is 15.8. The average molecular weight is 307 g/mol. The van der Waals surface area contributed by atoms with E-state index in [1.807, 2.05) is 29.3 Å². The van der Waals surface area contributed by atoms with E-state index in [1.54, 1.807) is 0 Å². The summed E-state index contributed by atoms with van der Waals surface area (Å²) in [7, 11) is 0. The maximum atomic E-state index is 12.4. The molecule has 0 atom stereocenters. The van der Waals surface area contributed by atoms with E-state index in [0.717, 1.165) is 35.6 Å². The number of fused-ring (bicyclic) bond motifs is 1. The Kier molecular flexibility index (Phi) is 3.52. The predicted molar refractivity (Wildman–Crippen MR) is 92.1 cm³/mol. The number of hydrogen-bond donors (Lipinski definition) is 1. The summed E-state index contributed by atoms with van der Waals surface area (Å²) in [6, 6.07) is 10.6. The van der Waals surface area contributed by atoms with E-state index in [9.17, 15) is 4.79 Å². The van der Waals surface area contributed by atoms with Gasteiger partial charge in [-0.05, 0) is 37.5 Å². The summed E-state index contributed by atoms with van der Waals surface area (Å²) in [4.78, 5) is 18.9. The Morgan fingerprint density at radius 2 is 2.04 bits per heavy atom. The number of pyridine rings is 1. The number of nitrogens with zero attached hydrogens (tertiary/aromatic N) is 2. The first-order chi connectivity index (χ1) is 11.2. The standard InChI is InChI=1S/C19H21N3O/c1-13-5-4-6-15(9-13)21-18-11-17-14(12-20-18)10-19(23)22(17)16-7-2-3-8-16/h4-6,9,11-12,16H,2-3,7-8,10H2,1H3,(H,20,21). The minimum Gasteiger partial charge on any atom is -0.340 e. The van der Waals surface area contributed by atoms with Gasteiger partial charge in [0.1, 0.15) is 5.82 Å². The number of carbonyl (C=O) groups excluding carboxylic acids is 1. The highest BCUT2D eigenvalue weighted by Crippen LogP contribution is 2.37. The van der Waals surface area contributed by atoms with Crippen molar-refractivity contribution < 1.29 is 4.79 Å². The third-order valence-corrected chi connectivity index (χ3v) is 4.81. The van der Waals surface area contributed by atoms with Crippen molar-refractivity contribution in [3.8, 4) is 0 Å². The van der Waals surface area contributed by atoms with Crippen LogP contribution in [0.1, 0.15) is 36.8 Å². The molecule has 0 bridgehead atoms. The van der Waals surface area contributed by atoms with Crippen LogP contribution in [0.5, 0.6) is 0 Å². The third-order valence-electron chi connectivity index (χ3n) is 4.81. The maximum Gasteiger partial charge on any atom is 0.231 e. The number of aromatic nitrogens is 1. The van der Waals surface area contributed by atoms with Gasteiger partial charge < -0.3 is 10.2 Å². The van der Waals surface area contributed by atoms with E-state index in [-0.39, 0.29) is 5.91 Å². The Bertz CT molecular complexity index is 750. The highest BCUT2D eigenvalue weighted by molar-refractivity contribution is 6.02. The van der Waals surface area contributed by atoms with Crippen molar-refractivity contribution in [2.45, 2.75) is 45.1 Å². The Morgan fingerprint density at radius 1 is 1.22 bits per heavy atom. The van der Waals surface area contributed by atoms with Crippen molar-refractivity contribution in [2.24, 2.45) is 0 Å². The highest BCUT2D eigenvalue weighted by Gasteiger charge is 2.34. The number of rotatable bonds is 3. The molecule has 2 heterocycles. The number of anilines is 3. The Hall–Kier alpha value is -2.36. The van der Waals surface area contributed by atoms with Crippen LogP contribution in [-0.2, 0) is 11.2 Å². The molecule has 1 amide bonds. The lowest BCUT2D eigenvalue weighted by atomic mass is 10.2. The van der Waals surface area contributed by atoms with Gasteiger partial charge in [0, 0.05) is 29.6 Å². The van der Waals surface area contributed by atoms with Crippen LogP contribution in [0.3, 0.4) is 0 Å². The molecule has 23 heavy (non-hydrogen) atoms. The number of aryl methyl sites for hydroxylation is 1. The van der Waals surface area contributed by atoms with E-state index in [1.165, 1.54) is 18.4 Å². The van der Waals surface area contributed by atoms with Gasteiger partial charge in [-0.15, -0.1) is 0 Å². The summed E-state index contributed by atoms with van der Waals surface area (Å²) in [5.74, 6) is 1.02. The molecule has 4 heteroatoms. The summed E-state index contributed by atoms with van der Waals surface area (Å²) in [5, 5.41) is 3.35. The molecule has 2 aromatic rings. The zero-order valence-electron chi connectivity index (χ0n) is 13.4. The first-order valence-electron chi connectivity index (χ1n) is 8.35. The second kappa shape index (κ2) is 5.69. The van der Waals surface area contributed by atoms with E-state index in [0.29, 0.717) is 12.5 Å². The molecule has 0 spiro atoms. The molecule has 1 aliphatic heterocycles. The SMILES string of the molecule is Cc1cccc(Nc2cc3c(cn2)CC(=O)N3C2CCCC2)c1.